The molecule has 72 valence electrons. The number of hydrogen-bond donors (Lipinski definition) is 0. The standard InChI is InChI=1S/C8H6N4.ClH.Re/c1-3-9-7(10-4-1)8-11-5-2-6-12-8;;/h1-6H;1H;/q;;+1/p-1. The van der Waals surface area contributed by atoms with E-state index in [-0.39, 0.29) is 0 Å². The molecule has 0 amide bonds. The molecule has 0 saturated heterocycles. The number of rotatable bonds is 1. The molecule has 0 bridgehead atoms. The molecule has 6 heteroatoms. The van der Waals surface area contributed by atoms with E-state index in [2.05, 4.69) is 19.9 Å². The fourth-order valence-electron chi connectivity index (χ4n) is 0.829. The van der Waals surface area contributed by atoms with E-state index in [1.807, 2.05) is 0 Å². The van der Waals surface area contributed by atoms with Crippen LogP contribution in [0, 0.1) is 0 Å². The average molecular weight is 380 g/mol. The van der Waals surface area contributed by atoms with E-state index < -0.39 is 0 Å². The Morgan fingerprint density at radius 1 is 0.714 bits per heavy atom. The van der Waals surface area contributed by atoms with Crippen LogP contribution in [0.3, 0.4) is 0 Å². The normalized spacial score (nSPS) is 8.71. The summed E-state index contributed by atoms with van der Waals surface area (Å²) < 4.78 is 0. The molecule has 0 aliphatic heterocycles. The van der Waals surface area contributed by atoms with Crippen LogP contribution >= 0.6 is 9.53 Å². The molecule has 0 aliphatic rings. The third-order valence-corrected chi connectivity index (χ3v) is 1.33. The maximum Gasteiger partial charge on any atom is 0.197 e. The quantitative estimate of drug-likeness (QED) is 0.755. The molecule has 2 aromatic heterocycles. The number of halogens is 1. The molecular weight excluding hydrogens is 374 g/mol. The van der Waals surface area contributed by atoms with Gasteiger partial charge in [0.25, 0.3) is 0 Å². The molecule has 4 nitrogen and oxygen atoms in total. The van der Waals surface area contributed by atoms with Gasteiger partial charge in [0, 0.05) is 24.8 Å². The van der Waals surface area contributed by atoms with E-state index >= 15 is 0 Å². The van der Waals surface area contributed by atoms with E-state index in [1.165, 1.54) is 18.2 Å². The van der Waals surface area contributed by atoms with E-state index in [1.54, 1.807) is 36.9 Å². The van der Waals surface area contributed by atoms with Gasteiger partial charge in [-0.25, -0.2) is 19.9 Å². The molecular formula is C8H6ClN4Re. The van der Waals surface area contributed by atoms with Crippen LogP contribution in [0.5, 0.6) is 0 Å². The summed E-state index contributed by atoms with van der Waals surface area (Å²) in [5.74, 6) is 1.11. The van der Waals surface area contributed by atoms with Crippen molar-refractivity contribution in [3.63, 3.8) is 0 Å². The zero-order valence-corrected chi connectivity index (χ0v) is 10.5. The summed E-state index contributed by atoms with van der Waals surface area (Å²) in [6.45, 7) is 0. The molecule has 0 atom stereocenters. The Bertz CT molecular complexity index is 319. The van der Waals surface area contributed by atoms with Crippen molar-refractivity contribution < 1.29 is 18.2 Å². The number of aromatic nitrogens is 4. The molecule has 2 rings (SSSR count). The van der Waals surface area contributed by atoms with Crippen molar-refractivity contribution >= 4 is 9.53 Å². The Morgan fingerprint density at radius 3 is 1.29 bits per heavy atom. The van der Waals surface area contributed by atoms with Gasteiger partial charge in [-0.2, -0.15) is 0 Å². The van der Waals surface area contributed by atoms with Crippen molar-refractivity contribution in [1.82, 2.24) is 19.9 Å². The first-order chi connectivity index (χ1) is 6.97. The first-order valence-electron chi connectivity index (χ1n) is 3.65. The predicted molar refractivity (Wildman–Crippen MR) is 48.9 cm³/mol. The maximum atomic E-state index is 4.69. The third-order valence-electron chi connectivity index (χ3n) is 1.33. The first kappa shape index (κ1) is 11.2. The van der Waals surface area contributed by atoms with Crippen molar-refractivity contribution in [2.75, 3.05) is 0 Å². The van der Waals surface area contributed by atoms with Crippen LogP contribution < -0.4 is 0 Å². The van der Waals surface area contributed by atoms with Crippen molar-refractivity contribution in [3.05, 3.63) is 36.9 Å². The van der Waals surface area contributed by atoms with Crippen LogP contribution in [-0.4, -0.2) is 19.9 Å². The van der Waals surface area contributed by atoms with Crippen LogP contribution in [0.2, 0.25) is 0 Å². The van der Waals surface area contributed by atoms with Gasteiger partial charge in [-0.1, -0.05) is 0 Å². The SMILES string of the molecule is [Cl][Re].c1cnc(-c2ncccn2)nc1. The van der Waals surface area contributed by atoms with Crippen molar-refractivity contribution in [2.45, 2.75) is 0 Å². The van der Waals surface area contributed by atoms with E-state index in [9.17, 15) is 0 Å². The van der Waals surface area contributed by atoms with Crippen LogP contribution in [0.25, 0.3) is 11.6 Å². The van der Waals surface area contributed by atoms with Gasteiger partial charge in [-0.3, -0.25) is 0 Å². The summed E-state index contributed by atoms with van der Waals surface area (Å²) in [6, 6.07) is 3.51. The van der Waals surface area contributed by atoms with Crippen LogP contribution in [0.4, 0.5) is 0 Å². The monoisotopic (exact) mass is 380 g/mol. The van der Waals surface area contributed by atoms with Crippen LogP contribution in [-0.2, 0) is 18.2 Å². The minimum Gasteiger partial charge on any atom is -0.234 e. The fourth-order valence-corrected chi connectivity index (χ4v) is 0.829. The Labute approximate surface area is 96.2 Å². The average Bonchev–Trinajstić information content (AvgIpc) is 2.34. The largest absolute Gasteiger partial charge is 0.234 e. The Balaban J connectivity index is 0.000000461. The summed E-state index contributed by atoms with van der Waals surface area (Å²) in [5, 5.41) is 0. The Kier molecular flexibility index (Phi) is 5.23. The summed E-state index contributed by atoms with van der Waals surface area (Å²) in [7, 11) is 4.69. The zero-order chi connectivity index (χ0) is 10.2. The van der Waals surface area contributed by atoms with Gasteiger partial charge in [0.15, 0.2) is 11.6 Å². The van der Waals surface area contributed by atoms with Crippen LogP contribution in [0.15, 0.2) is 36.9 Å². The zero-order valence-electron chi connectivity index (χ0n) is 7.01. The number of nitrogens with zero attached hydrogens (tertiary/aromatic N) is 4. The third kappa shape index (κ3) is 3.11. The Morgan fingerprint density at radius 2 is 1.00 bits per heavy atom. The van der Waals surface area contributed by atoms with Gasteiger partial charge < -0.3 is 0 Å². The fraction of sp³-hybridized carbons (Fsp3) is 0. The number of hydrogen-bond acceptors (Lipinski definition) is 4. The summed E-state index contributed by atoms with van der Waals surface area (Å²) in [6.07, 6.45) is 6.66. The van der Waals surface area contributed by atoms with Gasteiger partial charge in [0.05, 0.1) is 0 Å². The van der Waals surface area contributed by atoms with Gasteiger partial charge in [-0.15, -0.1) is 0 Å². The molecule has 0 spiro atoms. The second-order valence-electron chi connectivity index (χ2n) is 2.14. The van der Waals surface area contributed by atoms with Crippen molar-refractivity contribution in [1.29, 1.82) is 0 Å². The maximum absolute atomic E-state index is 4.69. The molecule has 0 fully saturated rings. The molecule has 0 saturated carbocycles. The smallest absolute Gasteiger partial charge is 0.197 e. The van der Waals surface area contributed by atoms with Gasteiger partial charge in [0.2, 0.25) is 0 Å². The molecule has 14 heavy (non-hydrogen) atoms. The molecule has 0 N–H and O–H groups in total. The first-order valence-corrected chi connectivity index (χ1v) is 7.02. The van der Waals surface area contributed by atoms with Gasteiger partial charge in [-0.05, 0) is 12.1 Å². The van der Waals surface area contributed by atoms with Gasteiger partial charge in [0.1, 0.15) is 0 Å². The molecule has 0 aliphatic carbocycles. The van der Waals surface area contributed by atoms with E-state index in [0.29, 0.717) is 11.6 Å². The Hall–Kier alpha value is -0.888. The molecule has 0 radical (unpaired) electrons. The van der Waals surface area contributed by atoms with Crippen molar-refractivity contribution in [2.24, 2.45) is 0 Å². The predicted octanol–water partition coefficient (Wildman–Crippen LogP) is 1.62. The topological polar surface area (TPSA) is 51.6 Å². The minimum absolute atomic E-state index is 0.554. The second kappa shape index (κ2) is 6.55. The summed E-state index contributed by atoms with van der Waals surface area (Å²) >= 11 is 1.19. The summed E-state index contributed by atoms with van der Waals surface area (Å²) in [4.78, 5) is 16.1. The van der Waals surface area contributed by atoms with E-state index in [0.717, 1.165) is 0 Å². The minimum atomic E-state index is 0.554. The summed E-state index contributed by atoms with van der Waals surface area (Å²) in [5.41, 5.74) is 0. The second-order valence-corrected chi connectivity index (χ2v) is 2.14. The van der Waals surface area contributed by atoms with Crippen LogP contribution in [0.1, 0.15) is 0 Å². The van der Waals surface area contributed by atoms with Gasteiger partial charge >= 0.3 is 27.7 Å². The molecule has 0 unspecified atom stereocenters. The molecule has 2 aromatic rings. The molecule has 0 aromatic carbocycles. The van der Waals surface area contributed by atoms with Crippen molar-refractivity contribution in [3.8, 4) is 11.6 Å². The van der Waals surface area contributed by atoms with E-state index in [4.69, 9.17) is 9.53 Å². The molecule has 2 heterocycles.